The van der Waals surface area contributed by atoms with Gasteiger partial charge in [-0.1, -0.05) is 23.7 Å². The predicted octanol–water partition coefficient (Wildman–Crippen LogP) is 3.86. The molecule has 0 saturated carbocycles. The summed E-state index contributed by atoms with van der Waals surface area (Å²) >= 11 is 5.83. The summed E-state index contributed by atoms with van der Waals surface area (Å²) in [6.07, 6.45) is 4.50. The number of carbonyl (C=O) groups is 2. The highest BCUT2D eigenvalue weighted by Crippen LogP contribution is 2.30. The molecule has 2 aromatic carbocycles. The Balaban J connectivity index is 1.37. The Morgan fingerprint density at radius 3 is 2.43 bits per heavy atom. The van der Waals surface area contributed by atoms with Gasteiger partial charge in [-0.25, -0.2) is 0 Å². The van der Waals surface area contributed by atoms with Crippen LogP contribution < -0.4 is 10.6 Å². The van der Waals surface area contributed by atoms with Crippen LogP contribution in [0.25, 0.3) is 10.9 Å². The summed E-state index contributed by atoms with van der Waals surface area (Å²) in [5.41, 5.74) is 4.72. The maximum absolute atomic E-state index is 12.7. The van der Waals surface area contributed by atoms with Gasteiger partial charge < -0.3 is 15.6 Å². The van der Waals surface area contributed by atoms with Crippen LogP contribution in [0.15, 0.2) is 42.5 Å². The van der Waals surface area contributed by atoms with Crippen LogP contribution >= 0.6 is 11.6 Å². The molecule has 3 aromatic rings. The Morgan fingerprint density at radius 2 is 1.64 bits per heavy atom. The van der Waals surface area contributed by atoms with E-state index in [0.29, 0.717) is 29.2 Å². The summed E-state index contributed by atoms with van der Waals surface area (Å²) in [7, 11) is 0. The van der Waals surface area contributed by atoms with Gasteiger partial charge in [0, 0.05) is 34.8 Å². The number of hydrogen-bond donors (Lipinski definition) is 3. The van der Waals surface area contributed by atoms with Gasteiger partial charge in [-0.2, -0.15) is 0 Å². The number of aromatic amines is 1. The summed E-state index contributed by atoms with van der Waals surface area (Å²) in [5, 5.41) is 7.43. The van der Waals surface area contributed by atoms with Crippen LogP contribution in [0.3, 0.4) is 0 Å². The zero-order valence-electron chi connectivity index (χ0n) is 15.5. The van der Waals surface area contributed by atoms with Crippen LogP contribution in [0.4, 0.5) is 0 Å². The molecule has 5 nitrogen and oxygen atoms in total. The SMILES string of the molecule is O=C(NCCNC(=O)c1cccc2c3c([nH]c12)CCCC3)c1ccc(Cl)cc1. The molecule has 6 heteroatoms. The molecular weight excluding hydrogens is 374 g/mol. The van der Waals surface area contributed by atoms with Crippen molar-refractivity contribution in [1.29, 1.82) is 0 Å². The number of fused-ring (bicyclic) bond motifs is 3. The number of para-hydroxylation sites is 1. The Kier molecular flexibility index (Phi) is 5.35. The lowest BCUT2D eigenvalue weighted by Crippen LogP contribution is -2.34. The molecule has 0 radical (unpaired) electrons. The molecule has 0 fully saturated rings. The fraction of sp³-hybridized carbons (Fsp3) is 0.273. The Morgan fingerprint density at radius 1 is 0.929 bits per heavy atom. The van der Waals surface area contributed by atoms with Gasteiger partial charge in [0.15, 0.2) is 0 Å². The fourth-order valence-electron chi connectivity index (χ4n) is 3.77. The first-order valence-electron chi connectivity index (χ1n) is 9.58. The minimum atomic E-state index is -0.190. The van der Waals surface area contributed by atoms with Crippen LogP contribution in [-0.2, 0) is 12.8 Å². The number of carbonyl (C=O) groups excluding carboxylic acids is 2. The van der Waals surface area contributed by atoms with E-state index in [9.17, 15) is 9.59 Å². The van der Waals surface area contributed by atoms with E-state index in [0.717, 1.165) is 23.7 Å². The van der Waals surface area contributed by atoms with Gasteiger partial charge in [-0.05, 0) is 61.6 Å². The van der Waals surface area contributed by atoms with Gasteiger partial charge >= 0.3 is 0 Å². The number of H-pyrrole nitrogens is 1. The van der Waals surface area contributed by atoms with Crippen molar-refractivity contribution in [3.63, 3.8) is 0 Å². The third kappa shape index (κ3) is 3.76. The molecule has 0 saturated heterocycles. The molecule has 28 heavy (non-hydrogen) atoms. The Bertz CT molecular complexity index is 1020. The number of nitrogens with one attached hydrogen (secondary N) is 3. The predicted molar refractivity (Wildman–Crippen MR) is 111 cm³/mol. The summed E-state index contributed by atoms with van der Waals surface area (Å²) in [4.78, 5) is 28.2. The lowest BCUT2D eigenvalue weighted by Gasteiger charge is -2.10. The number of halogens is 1. The molecule has 0 spiro atoms. The van der Waals surface area contributed by atoms with Crippen molar-refractivity contribution in [3.05, 3.63) is 69.9 Å². The second-order valence-corrected chi connectivity index (χ2v) is 7.47. The molecule has 1 heterocycles. The van der Waals surface area contributed by atoms with Gasteiger partial charge in [-0.3, -0.25) is 9.59 Å². The number of aryl methyl sites for hydroxylation is 2. The maximum atomic E-state index is 12.7. The summed E-state index contributed by atoms with van der Waals surface area (Å²) in [5.74, 6) is -0.324. The van der Waals surface area contributed by atoms with Crippen LogP contribution in [0, 0.1) is 0 Å². The van der Waals surface area contributed by atoms with Crippen LogP contribution in [0.5, 0.6) is 0 Å². The monoisotopic (exact) mass is 395 g/mol. The van der Waals surface area contributed by atoms with Crippen LogP contribution in [0.2, 0.25) is 5.02 Å². The first-order chi connectivity index (χ1) is 13.6. The highest BCUT2D eigenvalue weighted by molar-refractivity contribution is 6.30. The minimum Gasteiger partial charge on any atom is -0.358 e. The van der Waals surface area contributed by atoms with E-state index in [1.54, 1.807) is 24.3 Å². The molecule has 1 aliphatic rings. The molecule has 4 rings (SSSR count). The molecule has 0 atom stereocenters. The summed E-state index contributed by atoms with van der Waals surface area (Å²) < 4.78 is 0. The van der Waals surface area contributed by atoms with Crippen molar-refractivity contribution in [3.8, 4) is 0 Å². The van der Waals surface area contributed by atoms with E-state index in [2.05, 4.69) is 21.7 Å². The number of benzene rings is 2. The number of rotatable bonds is 5. The number of amides is 2. The van der Waals surface area contributed by atoms with E-state index < -0.39 is 0 Å². The first kappa shape index (κ1) is 18.6. The maximum Gasteiger partial charge on any atom is 0.253 e. The average molecular weight is 396 g/mol. The van der Waals surface area contributed by atoms with Gasteiger partial charge in [-0.15, -0.1) is 0 Å². The van der Waals surface area contributed by atoms with Crippen LogP contribution in [0.1, 0.15) is 44.8 Å². The zero-order chi connectivity index (χ0) is 19.5. The molecular formula is C22H22ClN3O2. The minimum absolute atomic E-state index is 0.134. The smallest absolute Gasteiger partial charge is 0.253 e. The topological polar surface area (TPSA) is 74.0 Å². The first-order valence-corrected chi connectivity index (χ1v) is 9.95. The quantitative estimate of drug-likeness (QED) is 0.574. The van der Waals surface area contributed by atoms with E-state index in [4.69, 9.17) is 11.6 Å². The standard InChI is InChI=1S/C22H22ClN3O2/c23-15-10-8-14(9-11-15)21(27)24-12-13-25-22(28)18-6-3-5-17-16-4-1-2-7-19(16)26-20(17)18/h3,5-6,8-11,26H,1-2,4,7,12-13H2,(H,24,27)(H,25,28). The molecule has 0 aliphatic heterocycles. The van der Waals surface area contributed by atoms with Crippen LogP contribution in [-0.4, -0.2) is 29.9 Å². The molecule has 0 unspecified atom stereocenters. The van der Waals surface area contributed by atoms with Gasteiger partial charge in [0.25, 0.3) is 11.8 Å². The molecule has 1 aromatic heterocycles. The largest absolute Gasteiger partial charge is 0.358 e. The van der Waals surface area contributed by atoms with Crippen molar-refractivity contribution < 1.29 is 9.59 Å². The third-order valence-corrected chi connectivity index (χ3v) is 5.43. The van der Waals surface area contributed by atoms with E-state index >= 15 is 0 Å². The van der Waals surface area contributed by atoms with Crippen molar-refractivity contribution in [2.24, 2.45) is 0 Å². The second kappa shape index (κ2) is 8.07. The zero-order valence-corrected chi connectivity index (χ0v) is 16.2. The molecule has 2 amide bonds. The lowest BCUT2D eigenvalue weighted by atomic mass is 9.95. The van der Waals surface area contributed by atoms with Crippen molar-refractivity contribution >= 4 is 34.3 Å². The highest BCUT2D eigenvalue weighted by Gasteiger charge is 2.19. The van der Waals surface area contributed by atoms with E-state index in [-0.39, 0.29) is 11.8 Å². The normalized spacial score (nSPS) is 13.2. The van der Waals surface area contributed by atoms with Gasteiger partial charge in [0.2, 0.25) is 0 Å². The highest BCUT2D eigenvalue weighted by atomic mass is 35.5. The van der Waals surface area contributed by atoms with Crippen molar-refractivity contribution in [2.75, 3.05) is 13.1 Å². The Labute approximate surface area is 168 Å². The Hall–Kier alpha value is -2.79. The van der Waals surface area contributed by atoms with Gasteiger partial charge in [0.1, 0.15) is 0 Å². The lowest BCUT2D eigenvalue weighted by molar-refractivity contribution is 0.0928. The summed E-state index contributed by atoms with van der Waals surface area (Å²) in [6, 6.07) is 12.5. The molecule has 3 N–H and O–H groups in total. The fourth-order valence-corrected chi connectivity index (χ4v) is 3.90. The number of aromatic nitrogens is 1. The van der Waals surface area contributed by atoms with E-state index in [1.807, 2.05) is 12.1 Å². The molecule has 144 valence electrons. The molecule has 0 bridgehead atoms. The second-order valence-electron chi connectivity index (χ2n) is 7.04. The summed E-state index contributed by atoms with van der Waals surface area (Å²) in [6.45, 7) is 0.708. The van der Waals surface area contributed by atoms with Gasteiger partial charge in [0.05, 0.1) is 11.1 Å². The van der Waals surface area contributed by atoms with E-state index in [1.165, 1.54) is 24.1 Å². The van der Waals surface area contributed by atoms with Crippen molar-refractivity contribution in [2.45, 2.75) is 25.7 Å². The molecule has 1 aliphatic carbocycles. The number of hydrogen-bond acceptors (Lipinski definition) is 2. The third-order valence-electron chi connectivity index (χ3n) is 5.18. The average Bonchev–Trinajstić information content (AvgIpc) is 3.10. The van der Waals surface area contributed by atoms with Crippen molar-refractivity contribution in [1.82, 2.24) is 15.6 Å².